The first-order valence-corrected chi connectivity index (χ1v) is 12.3. The van der Waals surface area contributed by atoms with Gasteiger partial charge in [0.25, 0.3) is 0 Å². The van der Waals surface area contributed by atoms with Gasteiger partial charge in [-0.05, 0) is 55.0 Å². The van der Waals surface area contributed by atoms with E-state index in [2.05, 4.69) is 10.3 Å². The van der Waals surface area contributed by atoms with Crippen molar-refractivity contribution in [3.8, 4) is 0 Å². The Morgan fingerprint density at radius 1 is 1.16 bits per heavy atom. The van der Waals surface area contributed by atoms with Gasteiger partial charge in [-0.25, -0.2) is 13.4 Å². The second kappa shape index (κ2) is 8.80. The van der Waals surface area contributed by atoms with Crippen LogP contribution >= 0.6 is 0 Å². The molecule has 1 amide bonds. The summed E-state index contributed by atoms with van der Waals surface area (Å²) >= 11 is 0. The molecule has 2 aromatic carbocycles. The number of benzene rings is 2. The maximum atomic E-state index is 13.4. The van der Waals surface area contributed by atoms with Gasteiger partial charge in [0.05, 0.1) is 21.8 Å². The number of aromatic nitrogens is 2. The Kier molecular flexibility index (Phi) is 6.11. The molecule has 1 atom stereocenters. The molecule has 2 heterocycles. The summed E-state index contributed by atoms with van der Waals surface area (Å²) in [5.74, 6) is 0.323. The molecule has 0 saturated carbocycles. The first-order valence-electron chi connectivity index (χ1n) is 10.4. The lowest BCUT2D eigenvalue weighted by atomic mass is 9.84. The van der Waals surface area contributed by atoms with Gasteiger partial charge in [-0.15, -0.1) is 0 Å². The Hall–Kier alpha value is -2.71. The van der Waals surface area contributed by atoms with Crippen molar-refractivity contribution in [2.75, 3.05) is 24.8 Å². The lowest BCUT2D eigenvalue weighted by Gasteiger charge is -2.26. The van der Waals surface area contributed by atoms with Crippen molar-refractivity contribution < 1.29 is 17.9 Å². The summed E-state index contributed by atoms with van der Waals surface area (Å²) in [5.41, 5.74) is 2.56. The second-order valence-electron chi connectivity index (χ2n) is 8.16. The van der Waals surface area contributed by atoms with E-state index in [1.165, 1.54) is 6.26 Å². The number of aryl methyl sites for hydroxylation is 1. The van der Waals surface area contributed by atoms with Crippen molar-refractivity contribution in [2.45, 2.75) is 30.1 Å². The molecule has 164 valence electrons. The van der Waals surface area contributed by atoms with E-state index in [-0.39, 0.29) is 10.8 Å². The molecule has 8 heteroatoms. The molecule has 1 aromatic heterocycles. The number of para-hydroxylation sites is 2. The second-order valence-corrected chi connectivity index (χ2v) is 10.2. The van der Waals surface area contributed by atoms with E-state index in [1.54, 1.807) is 24.3 Å². The van der Waals surface area contributed by atoms with Crippen molar-refractivity contribution in [1.82, 2.24) is 9.55 Å². The van der Waals surface area contributed by atoms with E-state index >= 15 is 0 Å². The predicted molar refractivity (Wildman–Crippen MR) is 120 cm³/mol. The number of nitrogens with one attached hydrogen (secondary N) is 1. The van der Waals surface area contributed by atoms with Crippen molar-refractivity contribution in [1.29, 1.82) is 0 Å². The van der Waals surface area contributed by atoms with Gasteiger partial charge < -0.3 is 9.30 Å². The van der Waals surface area contributed by atoms with Gasteiger partial charge in [0.15, 0.2) is 9.84 Å². The maximum Gasteiger partial charge on any atom is 0.234 e. The minimum absolute atomic E-state index is 0.142. The molecule has 4 rings (SSSR count). The molecule has 0 spiro atoms. The number of fused-ring (bicyclic) bond motifs is 1. The Bertz CT molecular complexity index is 1180. The third-order valence-electron chi connectivity index (χ3n) is 5.96. The molecule has 3 aromatic rings. The van der Waals surface area contributed by atoms with Crippen LogP contribution < -0.4 is 5.32 Å². The Labute approximate surface area is 182 Å². The quantitative estimate of drug-likeness (QED) is 0.632. The molecule has 1 unspecified atom stereocenters. The number of rotatable bonds is 6. The molecule has 0 aliphatic carbocycles. The van der Waals surface area contributed by atoms with Crippen molar-refractivity contribution in [3.05, 3.63) is 54.1 Å². The molecule has 1 N–H and O–H groups in total. The summed E-state index contributed by atoms with van der Waals surface area (Å²) in [4.78, 5) is 18.2. The molecule has 31 heavy (non-hydrogen) atoms. The molecular formula is C23H27N3O4S. The summed E-state index contributed by atoms with van der Waals surface area (Å²) in [5, 5.41) is 3.00. The highest BCUT2D eigenvalue weighted by molar-refractivity contribution is 7.90. The van der Waals surface area contributed by atoms with Crippen molar-refractivity contribution in [2.24, 2.45) is 13.0 Å². The molecule has 1 fully saturated rings. The van der Waals surface area contributed by atoms with Crippen LogP contribution in [0.5, 0.6) is 0 Å². The Morgan fingerprint density at radius 3 is 2.48 bits per heavy atom. The molecule has 0 radical (unpaired) electrons. The fourth-order valence-electron chi connectivity index (χ4n) is 4.11. The van der Waals surface area contributed by atoms with Gasteiger partial charge in [0.2, 0.25) is 11.9 Å². The van der Waals surface area contributed by atoms with Crippen LogP contribution in [0.4, 0.5) is 5.95 Å². The van der Waals surface area contributed by atoms with Crippen LogP contribution in [0.3, 0.4) is 0 Å². The zero-order valence-corrected chi connectivity index (χ0v) is 18.6. The van der Waals surface area contributed by atoms with Crippen LogP contribution in [-0.2, 0) is 26.4 Å². The Balaban J connectivity index is 1.62. The van der Waals surface area contributed by atoms with Crippen molar-refractivity contribution in [3.63, 3.8) is 0 Å². The number of hydrogen-bond acceptors (Lipinski definition) is 5. The van der Waals surface area contributed by atoms with Gasteiger partial charge in [-0.2, -0.15) is 0 Å². The number of sulfone groups is 1. The summed E-state index contributed by atoms with van der Waals surface area (Å²) < 4.78 is 31.0. The topological polar surface area (TPSA) is 90.3 Å². The minimum atomic E-state index is -3.29. The van der Waals surface area contributed by atoms with E-state index < -0.39 is 15.8 Å². The molecule has 0 bridgehead atoms. The van der Waals surface area contributed by atoms with E-state index in [9.17, 15) is 13.2 Å². The van der Waals surface area contributed by atoms with Gasteiger partial charge in [-0.3, -0.25) is 10.1 Å². The number of amides is 1. The Morgan fingerprint density at radius 2 is 1.84 bits per heavy atom. The highest BCUT2D eigenvalue weighted by Crippen LogP contribution is 2.31. The van der Waals surface area contributed by atoms with Crippen molar-refractivity contribution >= 4 is 32.7 Å². The number of imidazole rings is 1. The lowest BCUT2D eigenvalue weighted by Crippen LogP contribution is -2.27. The number of ether oxygens (including phenoxy) is 1. The molecule has 1 aliphatic heterocycles. The zero-order chi connectivity index (χ0) is 22.0. The third kappa shape index (κ3) is 4.80. The van der Waals surface area contributed by atoms with Gasteiger partial charge in [0, 0.05) is 26.5 Å². The largest absolute Gasteiger partial charge is 0.381 e. The van der Waals surface area contributed by atoms with Crippen LogP contribution in [0, 0.1) is 5.92 Å². The molecular weight excluding hydrogens is 414 g/mol. The number of carbonyl (C=O) groups excluding carboxylic acids is 1. The average Bonchev–Trinajstić information content (AvgIpc) is 3.07. The summed E-state index contributed by atoms with van der Waals surface area (Å²) in [6, 6.07) is 14.4. The van der Waals surface area contributed by atoms with Crippen LogP contribution in [0.1, 0.15) is 30.7 Å². The van der Waals surface area contributed by atoms with Crippen LogP contribution in [0.15, 0.2) is 53.4 Å². The van der Waals surface area contributed by atoms with Crippen LogP contribution in [-0.4, -0.2) is 43.3 Å². The molecule has 1 aliphatic rings. The number of hydrogen-bond donors (Lipinski definition) is 1. The van der Waals surface area contributed by atoms with E-state index in [4.69, 9.17) is 4.74 Å². The summed E-state index contributed by atoms with van der Waals surface area (Å²) in [7, 11) is -1.42. The maximum absolute atomic E-state index is 13.4. The highest BCUT2D eigenvalue weighted by Gasteiger charge is 2.27. The van der Waals surface area contributed by atoms with E-state index in [1.807, 2.05) is 35.9 Å². The SMILES string of the molecule is Cn1c(NC(=O)C(CC2CCOCC2)c2ccc(S(C)(=O)=O)cc2)nc2ccccc21. The average molecular weight is 442 g/mol. The normalized spacial score (nSPS) is 16.3. The summed E-state index contributed by atoms with van der Waals surface area (Å²) in [6.07, 6.45) is 3.69. The van der Waals surface area contributed by atoms with Crippen LogP contribution in [0.25, 0.3) is 11.0 Å². The number of nitrogens with zero attached hydrogens (tertiary/aromatic N) is 2. The van der Waals surface area contributed by atoms with E-state index in [0.717, 1.165) is 29.4 Å². The first kappa shape index (κ1) is 21.5. The monoisotopic (exact) mass is 441 g/mol. The zero-order valence-electron chi connectivity index (χ0n) is 17.7. The first-order chi connectivity index (χ1) is 14.8. The van der Waals surface area contributed by atoms with Gasteiger partial charge in [-0.1, -0.05) is 24.3 Å². The summed E-state index contributed by atoms with van der Waals surface area (Å²) in [6.45, 7) is 1.41. The minimum Gasteiger partial charge on any atom is -0.381 e. The van der Waals surface area contributed by atoms with E-state index in [0.29, 0.717) is 31.5 Å². The molecule has 7 nitrogen and oxygen atoms in total. The fourth-order valence-corrected chi connectivity index (χ4v) is 4.74. The molecule has 1 saturated heterocycles. The van der Waals surface area contributed by atoms with Gasteiger partial charge >= 0.3 is 0 Å². The number of anilines is 1. The fraction of sp³-hybridized carbons (Fsp3) is 0.391. The van der Waals surface area contributed by atoms with Crippen LogP contribution in [0.2, 0.25) is 0 Å². The standard InChI is InChI=1S/C23H27N3O4S/c1-26-21-6-4-3-5-20(21)24-23(26)25-22(27)19(15-16-11-13-30-14-12-16)17-7-9-18(10-8-17)31(2,28)29/h3-10,16,19H,11-15H2,1-2H3,(H,24,25,27). The lowest BCUT2D eigenvalue weighted by molar-refractivity contribution is -0.118. The van der Waals surface area contributed by atoms with Gasteiger partial charge in [0.1, 0.15) is 0 Å². The smallest absolute Gasteiger partial charge is 0.234 e. The third-order valence-corrected chi connectivity index (χ3v) is 7.09. The number of carbonyl (C=O) groups is 1. The highest BCUT2D eigenvalue weighted by atomic mass is 32.2. The predicted octanol–water partition coefficient (Wildman–Crippen LogP) is 3.52.